The van der Waals surface area contributed by atoms with Crippen LogP contribution in [-0.4, -0.2) is 29.8 Å². The number of primary amides is 1. The van der Waals surface area contributed by atoms with Crippen LogP contribution in [0.2, 0.25) is 0 Å². The summed E-state index contributed by atoms with van der Waals surface area (Å²) in [5.74, 6) is -1.22. The first-order valence-electron chi connectivity index (χ1n) is 6.29. The molecular weight excluding hydrogens is 247 g/mol. The summed E-state index contributed by atoms with van der Waals surface area (Å²) in [6, 6.07) is 3.98. The smallest absolute Gasteiger partial charge is 0.254 e. The molecule has 0 aromatic heterocycles. The van der Waals surface area contributed by atoms with Crippen molar-refractivity contribution in [1.82, 2.24) is 4.90 Å². The van der Waals surface area contributed by atoms with E-state index >= 15 is 0 Å². The van der Waals surface area contributed by atoms with Crippen LogP contribution in [-0.2, 0) is 4.79 Å². The van der Waals surface area contributed by atoms with Gasteiger partial charge < -0.3 is 10.6 Å². The van der Waals surface area contributed by atoms with E-state index in [4.69, 9.17) is 5.73 Å². The van der Waals surface area contributed by atoms with Crippen LogP contribution in [0.15, 0.2) is 18.2 Å². The third-order valence-corrected chi connectivity index (χ3v) is 2.83. The highest BCUT2D eigenvalue weighted by molar-refractivity contribution is 5.97. The predicted octanol–water partition coefficient (Wildman–Crippen LogP) is 1.86. The van der Waals surface area contributed by atoms with Gasteiger partial charge in [-0.25, -0.2) is 4.39 Å². The molecule has 0 aliphatic carbocycles. The Hall–Kier alpha value is -1.91. The van der Waals surface area contributed by atoms with Gasteiger partial charge in [-0.2, -0.15) is 0 Å². The minimum atomic E-state index is -0.552. The van der Waals surface area contributed by atoms with E-state index in [1.807, 2.05) is 6.92 Å². The van der Waals surface area contributed by atoms with Crippen LogP contribution in [0.4, 0.5) is 4.39 Å². The molecule has 1 aromatic rings. The van der Waals surface area contributed by atoms with Crippen molar-refractivity contribution in [2.75, 3.05) is 13.1 Å². The van der Waals surface area contributed by atoms with E-state index in [0.29, 0.717) is 17.7 Å². The van der Waals surface area contributed by atoms with E-state index in [1.54, 1.807) is 6.92 Å². The number of unbranched alkanes of at least 4 members (excludes halogenated alkanes) is 1. The van der Waals surface area contributed by atoms with Gasteiger partial charge in [0.15, 0.2) is 0 Å². The molecule has 2 N–H and O–H groups in total. The number of halogens is 1. The quantitative estimate of drug-likeness (QED) is 0.854. The molecule has 0 aliphatic rings. The number of hydrogen-bond acceptors (Lipinski definition) is 2. The van der Waals surface area contributed by atoms with Crippen molar-refractivity contribution in [2.24, 2.45) is 5.73 Å². The standard InChI is InChI=1S/C14H19FN2O2/c1-3-4-7-17(9-13(16)18)14(19)12-6-5-11(15)8-10(12)2/h5-6,8H,3-4,7,9H2,1-2H3,(H2,16,18). The van der Waals surface area contributed by atoms with Gasteiger partial charge >= 0.3 is 0 Å². The maximum absolute atomic E-state index is 13.0. The molecule has 0 unspecified atom stereocenters. The fraction of sp³-hybridized carbons (Fsp3) is 0.429. The Morgan fingerprint density at radius 2 is 2.05 bits per heavy atom. The second-order valence-corrected chi connectivity index (χ2v) is 4.51. The SMILES string of the molecule is CCCCN(CC(N)=O)C(=O)c1ccc(F)cc1C. The Morgan fingerprint density at radius 3 is 2.58 bits per heavy atom. The minimum absolute atomic E-state index is 0.115. The van der Waals surface area contributed by atoms with Crippen LogP contribution >= 0.6 is 0 Å². The van der Waals surface area contributed by atoms with Crippen molar-refractivity contribution < 1.29 is 14.0 Å². The van der Waals surface area contributed by atoms with Crippen molar-refractivity contribution in [3.63, 3.8) is 0 Å². The molecule has 0 radical (unpaired) electrons. The lowest BCUT2D eigenvalue weighted by Gasteiger charge is -2.21. The number of aryl methyl sites for hydroxylation is 1. The Bertz CT molecular complexity index is 475. The minimum Gasteiger partial charge on any atom is -0.368 e. The van der Waals surface area contributed by atoms with E-state index in [0.717, 1.165) is 12.8 Å². The van der Waals surface area contributed by atoms with Crippen molar-refractivity contribution >= 4 is 11.8 Å². The maximum Gasteiger partial charge on any atom is 0.254 e. The number of amides is 2. The molecule has 2 amide bonds. The van der Waals surface area contributed by atoms with E-state index < -0.39 is 5.91 Å². The van der Waals surface area contributed by atoms with Crippen LogP contribution < -0.4 is 5.73 Å². The van der Waals surface area contributed by atoms with Crippen molar-refractivity contribution in [3.8, 4) is 0 Å². The van der Waals surface area contributed by atoms with E-state index in [2.05, 4.69) is 0 Å². The van der Waals surface area contributed by atoms with Gasteiger partial charge in [-0.1, -0.05) is 13.3 Å². The first-order chi connectivity index (χ1) is 8.95. The zero-order valence-electron chi connectivity index (χ0n) is 11.3. The highest BCUT2D eigenvalue weighted by atomic mass is 19.1. The number of nitrogens with two attached hydrogens (primary N) is 1. The number of hydrogen-bond donors (Lipinski definition) is 1. The molecule has 0 spiro atoms. The molecule has 0 bridgehead atoms. The summed E-state index contributed by atoms with van der Waals surface area (Å²) in [4.78, 5) is 24.7. The van der Waals surface area contributed by atoms with Gasteiger partial charge in [0.25, 0.3) is 5.91 Å². The fourth-order valence-electron chi connectivity index (χ4n) is 1.83. The van der Waals surface area contributed by atoms with Crippen LogP contribution in [0, 0.1) is 12.7 Å². The number of carbonyl (C=O) groups is 2. The second kappa shape index (κ2) is 6.87. The number of rotatable bonds is 6. The van der Waals surface area contributed by atoms with Crippen LogP contribution in [0.1, 0.15) is 35.7 Å². The van der Waals surface area contributed by atoms with E-state index in [-0.39, 0.29) is 18.3 Å². The molecule has 19 heavy (non-hydrogen) atoms. The monoisotopic (exact) mass is 266 g/mol. The lowest BCUT2D eigenvalue weighted by atomic mass is 10.1. The van der Waals surface area contributed by atoms with Gasteiger partial charge in [0.05, 0.1) is 6.54 Å². The van der Waals surface area contributed by atoms with Crippen LogP contribution in [0.5, 0.6) is 0 Å². The number of nitrogens with zero attached hydrogens (tertiary/aromatic N) is 1. The molecular formula is C14H19FN2O2. The average Bonchev–Trinajstić information content (AvgIpc) is 2.33. The first kappa shape index (κ1) is 15.1. The molecule has 0 heterocycles. The summed E-state index contributed by atoms with van der Waals surface area (Å²) in [6.45, 7) is 4.01. The van der Waals surface area contributed by atoms with E-state index in [1.165, 1.54) is 23.1 Å². The van der Waals surface area contributed by atoms with Gasteiger partial charge in [-0.3, -0.25) is 9.59 Å². The molecule has 1 aromatic carbocycles. The van der Waals surface area contributed by atoms with Crippen molar-refractivity contribution in [2.45, 2.75) is 26.7 Å². The Morgan fingerprint density at radius 1 is 1.37 bits per heavy atom. The summed E-state index contributed by atoms with van der Waals surface area (Å²) < 4.78 is 13.0. The molecule has 5 heteroatoms. The molecule has 0 saturated heterocycles. The first-order valence-corrected chi connectivity index (χ1v) is 6.29. The topological polar surface area (TPSA) is 63.4 Å². The zero-order chi connectivity index (χ0) is 14.4. The highest BCUT2D eigenvalue weighted by Crippen LogP contribution is 2.13. The zero-order valence-corrected chi connectivity index (χ0v) is 11.3. The number of carbonyl (C=O) groups excluding carboxylic acids is 2. The molecule has 104 valence electrons. The van der Waals surface area contributed by atoms with Crippen molar-refractivity contribution in [3.05, 3.63) is 35.1 Å². The highest BCUT2D eigenvalue weighted by Gasteiger charge is 2.19. The Balaban J connectivity index is 2.93. The van der Waals surface area contributed by atoms with Gasteiger partial charge in [0.1, 0.15) is 5.82 Å². The summed E-state index contributed by atoms with van der Waals surface area (Å²) in [5, 5.41) is 0. The number of benzene rings is 1. The normalized spacial score (nSPS) is 10.3. The lowest BCUT2D eigenvalue weighted by Crippen LogP contribution is -2.39. The third-order valence-electron chi connectivity index (χ3n) is 2.83. The molecule has 4 nitrogen and oxygen atoms in total. The molecule has 0 aliphatic heterocycles. The van der Waals surface area contributed by atoms with Gasteiger partial charge in [-0.15, -0.1) is 0 Å². The van der Waals surface area contributed by atoms with Crippen LogP contribution in [0.3, 0.4) is 0 Å². The van der Waals surface area contributed by atoms with Gasteiger partial charge in [0.2, 0.25) is 5.91 Å². The average molecular weight is 266 g/mol. The maximum atomic E-state index is 13.0. The van der Waals surface area contributed by atoms with Crippen molar-refractivity contribution in [1.29, 1.82) is 0 Å². The second-order valence-electron chi connectivity index (χ2n) is 4.51. The van der Waals surface area contributed by atoms with E-state index in [9.17, 15) is 14.0 Å². The Kier molecular flexibility index (Phi) is 5.48. The third kappa shape index (κ3) is 4.35. The summed E-state index contributed by atoms with van der Waals surface area (Å²) in [7, 11) is 0. The Labute approximate surface area is 112 Å². The van der Waals surface area contributed by atoms with Gasteiger partial charge in [-0.05, 0) is 37.1 Å². The van der Waals surface area contributed by atoms with Crippen LogP contribution in [0.25, 0.3) is 0 Å². The molecule has 1 rings (SSSR count). The summed E-state index contributed by atoms with van der Waals surface area (Å²) >= 11 is 0. The summed E-state index contributed by atoms with van der Waals surface area (Å²) in [5.41, 5.74) is 6.10. The molecule has 0 saturated carbocycles. The van der Waals surface area contributed by atoms with Gasteiger partial charge in [0, 0.05) is 12.1 Å². The molecule has 0 atom stereocenters. The summed E-state index contributed by atoms with van der Waals surface area (Å²) in [6.07, 6.45) is 1.70. The largest absolute Gasteiger partial charge is 0.368 e. The lowest BCUT2D eigenvalue weighted by molar-refractivity contribution is -0.118. The molecule has 0 fully saturated rings. The predicted molar refractivity (Wildman–Crippen MR) is 71.1 cm³/mol. The fourth-order valence-corrected chi connectivity index (χ4v) is 1.83.